The van der Waals surface area contributed by atoms with E-state index in [1.165, 1.54) is 12.8 Å². The van der Waals surface area contributed by atoms with E-state index < -0.39 is 18.2 Å². The summed E-state index contributed by atoms with van der Waals surface area (Å²) in [6.07, 6.45) is 19.6. The van der Waals surface area contributed by atoms with Crippen LogP contribution in [0.25, 0.3) is 0 Å². The highest BCUT2D eigenvalue weighted by atomic mass is 16.4. The minimum atomic E-state index is -0.899. The van der Waals surface area contributed by atoms with E-state index in [0.717, 1.165) is 25.7 Å². The molecule has 4 nitrogen and oxygen atoms in total. The first-order valence-corrected chi connectivity index (χ1v) is 8.80. The van der Waals surface area contributed by atoms with Crippen LogP contribution < -0.4 is 0 Å². The second-order valence-corrected chi connectivity index (χ2v) is 5.71. The molecule has 0 heterocycles. The molecule has 24 heavy (non-hydrogen) atoms. The highest BCUT2D eigenvalue weighted by molar-refractivity contribution is 5.66. The van der Waals surface area contributed by atoms with Gasteiger partial charge in [-0.2, -0.15) is 0 Å². The molecule has 0 aliphatic carbocycles. The number of rotatable bonds is 14. The van der Waals surface area contributed by atoms with Gasteiger partial charge in [-0.05, 0) is 32.1 Å². The van der Waals surface area contributed by atoms with Gasteiger partial charge in [0.1, 0.15) is 12.2 Å². The van der Waals surface area contributed by atoms with Gasteiger partial charge in [0.15, 0.2) is 0 Å². The number of aliphatic hydroxyl groups is 2. The third-order valence-electron chi connectivity index (χ3n) is 3.41. The second-order valence-electron chi connectivity index (χ2n) is 5.71. The average Bonchev–Trinajstić information content (AvgIpc) is 2.55. The predicted octanol–water partition coefficient (Wildman–Crippen LogP) is 4.16. The Morgan fingerprint density at radius 1 is 0.875 bits per heavy atom. The summed E-state index contributed by atoms with van der Waals surface area (Å²) < 4.78 is 0. The van der Waals surface area contributed by atoms with Gasteiger partial charge in [0.25, 0.3) is 0 Å². The topological polar surface area (TPSA) is 77.8 Å². The summed E-state index contributed by atoms with van der Waals surface area (Å²) in [6.45, 7) is 2.15. The number of carboxylic acid groups (broad SMARTS) is 1. The van der Waals surface area contributed by atoms with Crippen LogP contribution in [0.2, 0.25) is 0 Å². The molecular weight excluding hydrogens is 304 g/mol. The molecule has 0 bridgehead atoms. The van der Waals surface area contributed by atoms with Gasteiger partial charge in [-0.3, -0.25) is 4.79 Å². The molecule has 0 rings (SSSR count). The fourth-order valence-corrected chi connectivity index (χ4v) is 1.97. The Morgan fingerprint density at radius 3 is 2.29 bits per heavy atom. The molecule has 0 radical (unpaired) electrons. The Balaban J connectivity index is 3.82. The van der Waals surface area contributed by atoms with Gasteiger partial charge in [0, 0.05) is 6.42 Å². The van der Waals surface area contributed by atoms with Crippen molar-refractivity contribution in [2.75, 3.05) is 0 Å². The van der Waals surface area contributed by atoms with E-state index >= 15 is 0 Å². The molecule has 0 fully saturated rings. The van der Waals surface area contributed by atoms with Gasteiger partial charge in [-0.15, -0.1) is 0 Å². The minimum Gasteiger partial charge on any atom is -0.481 e. The molecule has 0 saturated heterocycles. The van der Waals surface area contributed by atoms with Crippen molar-refractivity contribution in [1.29, 1.82) is 0 Å². The third-order valence-corrected chi connectivity index (χ3v) is 3.41. The molecule has 2 atom stereocenters. The summed E-state index contributed by atoms with van der Waals surface area (Å²) in [4.78, 5) is 10.3. The van der Waals surface area contributed by atoms with Crippen LogP contribution in [0.3, 0.4) is 0 Å². The Hall–Kier alpha value is -1.65. The zero-order chi connectivity index (χ0) is 18.0. The first-order chi connectivity index (χ1) is 11.6. The van der Waals surface area contributed by atoms with Crippen LogP contribution >= 0.6 is 0 Å². The van der Waals surface area contributed by atoms with Gasteiger partial charge < -0.3 is 15.3 Å². The normalized spacial score (nSPS) is 15.1. The lowest BCUT2D eigenvalue weighted by molar-refractivity contribution is -0.137. The lowest BCUT2D eigenvalue weighted by atomic mass is 10.1. The van der Waals surface area contributed by atoms with E-state index in [-0.39, 0.29) is 6.42 Å². The summed E-state index contributed by atoms with van der Waals surface area (Å²) in [6, 6.07) is 0. The van der Waals surface area contributed by atoms with Crippen molar-refractivity contribution in [2.24, 2.45) is 0 Å². The van der Waals surface area contributed by atoms with E-state index in [2.05, 4.69) is 6.92 Å². The summed E-state index contributed by atoms with van der Waals surface area (Å²) >= 11 is 0. The quantitative estimate of drug-likeness (QED) is 0.253. The summed E-state index contributed by atoms with van der Waals surface area (Å²) in [7, 11) is 0. The predicted molar refractivity (Wildman–Crippen MR) is 98.8 cm³/mol. The average molecular weight is 336 g/mol. The van der Waals surface area contributed by atoms with E-state index in [1.807, 2.05) is 30.4 Å². The molecule has 0 spiro atoms. The fraction of sp³-hybridized carbons (Fsp3) is 0.550. The second kappa shape index (κ2) is 16.2. The maximum atomic E-state index is 10.3. The number of aliphatic carboxylic acids is 1. The number of carbonyl (C=O) groups is 1. The molecule has 0 aromatic rings. The van der Waals surface area contributed by atoms with Crippen molar-refractivity contribution >= 4 is 5.97 Å². The van der Waals surface area contributed by atoms with Crippen LogP contribution in [-0.4, -0.2) is 33.5 Å². The molecular formula is C20H32O4. The Labute approximate surface area is 145 Å². The van der Waals surface area contributed by atoms with Gasteiger partial charge in [0.2, 0.25) is 0 Å². The molecule has 0 aromatic heterocycles. The van der Waals surface area contributed by atoms with Crippen LogP contribution in [0.5, 0.6) is 0 Å². The van der Waals surface area contributed by atoms with Crippen molar-refractivity contribution in [2.45, 2.75) is 70.5 Å². The van der Waals surface area contributed by atoms with Crippen LogP contribution in [-0.2, 0) is 4.79 Å². The molecule has 0 amide bonds. The Bertz CT molecular complexity index is 421. The monoisotopic (exact) mass is 336 g/mol. The van der Waals surface area contributed by atoms with Crippen molar-refractivity contribution in [1.82, 2.24) is 0 Å². The maximum absolute atomic E-state index is 10.3. The molecule has 0 aromatic carbocycles. The van der Waals surface area contributed by atoms with Gasteiger partial charge in [0.05, 0.1) is 0 Å². The van der Waals surface area contributed by atoms with Gasteiger partial charge in [-0.1, -0.05) is 68.4 Å². The fourth-order valence-electron chi connectivity index (χ4n) is 1.97. The highest BCUT2D eigenvalue weighted by Crippen LogP contribution is 2.03. The smallest absolute Gasteiger partial charge is 0.303 e. The zero-order valence-corrected chi connectivity index (χ0v) is 14.7. The maximum Gasteiger partial charge on any atom is 0.303 e. The van der Waals surface area contributed by atoms with Crippen molar-refractivity contribution in [3.05, 3.63) is 48.6 Å². The first-order valence-electron chi connectivity index (χ1n) is 8.80. The van der Waals surface area contributed by atoms with Crippen LogP contribution in [0.15, 0.2) is 48.6 Å². The lowest BCUT2D eigenvalue weighted by Gasteiger charge is -2.09. The number of carboxylic acids is 1. The lowest BCUT2D eigenvalue weighted by Crippen LogP contribution is -2.20. The molecule has 136 valence electrons. The number of aliphatic hydroxyl groups excluding tert-OH is 2. The van der Waals surface area contributed by atoms with Crippen LogP contribution in [0.4, 0.5) is 0 Å². The van der Waals surface area contributed by atoms with Crippen LogP contribution in [0.1, 0.15) is 58.3 Å². The molecule has 3 N–H and O–H groups in total. The van der Waals surface area contributed by atoms with Crippen molar-refractivity contribution in [3.63, 3.8) is 0 Å². The number of hydrogen-bond donors (Lipinski definition) is 3. The molecule has 0 saturated carbocycles. The molecule has 4 heteroatoms. The Kier molecular flexibility index (Phi) is 15.1. The van der Waals surface area contributed by atoms with E-state index in [0.29, 0.717) is 6.42 Å². The first kappa shape index (κ1) is 22.4. The van der Waals surface area contributed by atoms with Crippen molar-refractivity contribution in [3.8, 4) is 0 Å². The molecule has 0 aliphatic heterocycles. The van der Waals surface area contributed by atoms with E-state index in [4.69, 9.17) is 5.11 Å². The number of allylic oxidation sites excluding steroid dienone is 6. The van der Waals surface area contributed by atoms with E-state index in [1.54, 1.807) is 18.2 Å². The summed E-state index contributed by atoms with van der Waals surface area (Å²) in [5.74, 6) is -0.759. The van der Waals surface area contributed by atoms with E-state index in [9.17, 15) is 15.0 Å². The Morgan fingerprint density at radius 2 is 1.58 bits per heavy atom. The third kappa shape index (κ3) is 15.3. The van der Waals surface area contributed by atoms with Crippen LogP contribution in [0, 0.1) is 0 Å². The largest absolute Gasteiger partial charge is 0.481 e. The minimum absolute atomic E-state index is 0.205. The van der Waals surface area contributed by atoms with Gasteiger partial charge >= 0.3 is 5.97 Å². The summed E-state index contributed by atoms with van der Waals surface area (Å²) in [5.41, 5.74) is 0. The number of unbranched alkanes of at least 4 members (excludes halogenated alkanes) is 4. The van der Waals surface area contributed by atoms with Crippen molar-refractivity contribution < 1.29 is 20.1 Å². The molecule has 0 unspecified atom stereocenters. The highest BCUT2D eigenvalue weighted by Gasteiger charge is 2.07. The van der Waals surface area contributed by atoms with Gasteiger partial charge in [-0.25, -0.2) is 0 Å². The molecule has 0 aliphatic rings. The zero-order valence-electron chi connectivity index (χ0n) is 14.7. The summed E-state index contributed by atoms with van der Waals surface area (Å²) in [5, 5.41) is 28.0. The SMILES string of the molecule is CCCCC/C=C\[C@@H](O)[C@H](O)/C=C\C=C/C/C=C/CCCC(=O)O. The number of hydrogen-bond acceptors (Lipinski definition) is 3. The standard InChI is InChI=1S/C20H32O4/c1-2-3-4-9-12-15-18(21)19(22)16-13-10-7-5-6-8-11-14-17-20(23)24/h6-8,10,12-13,15-16,18-19,21-22H,2-5,9,11,14,17H2,1H3,(H,23,24)/b8-6+,10-7-,15-12-,16-13-/t18-,19-/m1/s1.